The van der Waals surface area contributed by atoms with E-state index >= 15 is 0 Å². The summed E-state index contributed by atoms with van der Waals surface area (Å²) in [5, 5.41) is 0. The number of carbonyl (C=O) groups is 1. The van der Waals surface area contributed by atoms with Crippen molar-refractivity contribution >= 4 is 22.9 Å². The van der Waals surface area contributed by atoms with Gasteiger partial charge in [0.15, 0.2) is 0 Å². The van der Waals surface area contributed by atoms with Crippen LogP contribution >= 0.6 is 0 Å². The Hall–Kier alpha value is -2.40. The van der Waals surface area contributed by atoms with Gasteiger partial charge >= 0.3 is 6.18 Å². The number of piperidine rings is 1. The van der Waals surface area contributed by atoms with Crippen molar-refractivity contribution in [2.75, 3.05) is 44.3 Å². The number of aromatic nitrogens is 2. The molecule has 30 heavy (non-hydrogen) atoms. The number of amides is 1. The Bertz CT molecular complexity index is 926. The van der Waals surface area contributed by atoms with Crippen molar-refractivity contribution in [1.29, 1.82) is 0 Å². The molecule has 3 heterocycles. The molecule has 2 aromatic rings. The van der Waals surface area contributed by atoms with Gasteiger partial charge in [-0.2, -0.15) is 13.2 Å². The summed E-state index contributed by atoms with van der Waals surface area (Å²) in [6.45, 7) is 2.00. The molecule has 2 N–H and O–H groups in total. The van der Waals surface area contributed by atoms with Gasteiger partial charge in [0.1, 0.15) is 12.7 Å². The summed E-state index contributed by atoms with van der Waals surface area (Å²) in [7, 11) is 0. The molecule has 0 unspecified atom stereocenters. The molecular weight excluding hydrogens is 406 g/mol. The number of benzene rings is 1. The molecule has 0 aliphatic carbocycles. The van der Waals surface area contributed by atoms with Crippen LogP contribution in [-0.2, 0) is 22.3 Å². The molecule has 0 spiro atoms. The minimum atomic E-state index is -4.52. The average molecular weight is 429 g/mol. The number of carbonyl (C=O) groups excluding carboxylic acids is 1. The van der Waals surface area contributed by atoms with Crippen molar-refractivity contribution in [3.05, 3.63) is 23.8 Å². The number of rotatable bonds is 3. The highest BCUT2D eigenvalue weighted by molar-refractivity contribution is 5.84. The molecule has 4 rings (SSSR count). The van der Waals surface area contributed by atoms with E-state index in [-0.39, 0.29) is 30.9 Å². The maximum absolute atomic E-state index is 13.8. The fourth-order valence-electron chi connectivity index (χ4n) is 3.87. The van der Waals surface area contributed by atoms with E-state index in [1.807, 2.05) is 0 Å². The Balaban J connectivity index is 1.73. The Kier molecular flexibility index (Phi) is 5.58. The quantitative estimate of drug-likeness (QED) is 0.753. The summed E-state index contributed by atoms with van der Waals surface area (Å²) in [6.07, 6.45) is -5.48. The van der Waals surface area contributed by atoms with Crippen LogP contribution in [0.3, 0.4) is 0 Å². The lowest BCUT2D eigenvalue weighted by atomic mass is 10.1. The van der Waals surface area contributed by atoms with Gasteiger partial charge in [-0.3, -0.25) is 4.79 Å². The van der Waals surface area contributed by atoms with Crippen molar-refractivity contribution in [1.82, 2.24) is 14.5 Å². The minimum Gasteiger partial charge on any atom is -0.378 e. The third kappa shape index (κ3) is 4.08. The zero-order valence-corrected chi connectivity index (χ0v) is 16.2. The standard InChI is InChI=1S/C19H23F4N5O2/c20-13-3-4-27(10-14(13)24)18-25-15-2-1-12(19(21,22)23)9-16(15)28(18)11-17(29)26-5-7-30-8-6-26/h1-2,9,13-14H,3-8,10-11,24H2/t13-,14-/m1/s1. The van der Waals surface area contributed by atoms with Crippen molar-refractivity contribution in [2.45, 2.75) is 31.4 Å². The third-order valence-corrected chi connectivity index (χ3v) is 5.57. The van der Waals surface area contributed by atoms with Gasteiger partial charge in [0.25, 0.3) is 0 Å². The van der Waals surface area contributed by atoms with Crippen LogP contribution in [0.2, 0.25) is 0 Å². The first kappa shape index (κ1) is 20.9. The lowest BCUT2D eigenvalue weighted by molar-refractivity contribution is -0.137. The van der Waals surface area contributed by atoms with E-state index in [9.17, 15) is 22.4 Å². The molecule has 2 atom stereocenters. The van der Waals surface area contributed by atoms with Gasteiger partial charge in [0.05, 0.1) is 35.9 Å². The van der Waals surface area contributed by atoms with Gasteiger partial charge in [-0.25, -0.2) is 9.37 Å². The van der Waals surface area contributed by atoms with E-state index in [1.165, 1.54) is 10.6 Å². The van der Waals surface area contributed by atoms with E-state index in [4.69, 9.17) is 10.5 Å². The number of nitrogens with zero attached hydrogens (tertiary/aromatic N) is 4. The molecule has 1 amide bonds. The Labute approximate surface area is 170 Å². The molecule has 1 aromatic heterocycles. The van der Waals surface area contributed by atoms with E-state index in [0.29, 0.717) is 44.3 Å². The largest absolute Gasteiger partial charge is 0.416 e. The van der Waals surface area contributed by atoms with E-state index in [2.05, 4.69) is 4.98 Å². The lowest BCUT2D eigenvalue weighted by Crippen LogP contribution is -2.50. The van der Waals surface area contributed by atoms with Gasteiger partial charge in [-0.05, 0) is 24.6 Å². The number of imidazole rings is 1. The zero-order valence-electron chi connectivity index (χ0n) is 16.2. The van der Waals surface area contributed by atoms with E-state index < -0.39 is 24.0 Å². The molecule has 2 fully saturated rings. The first-order valence-electron chi connectivity index (χ1n) is 9.81. The first-order valence-corrected chi connectivity index (χ1v) is 9.81. The van der Waals surface area contributed by atoms with Crippen LogP contribution in [0.25, 0.3) is 11.0 Å². The van der Waals surface area contributed by atoms with Crippen LogP contribution in [-0.4, -0.2) is 72.0 Å². The van der Waals surface area contributed by atoms with E-state index in [0.717, 1.165) is 12.1 Å². The molecule has 2 saturated heterocycles. The van der Waals surface area contributed by atoms with Gasteiger partial charge < -0.3 is 24.8 Å². The second kappa shape index (κ2) is 8.03. The maximum atomic E-state index is 13.8. The highest BCUT2D eigenvalue weighted by Gasteiger charge is 2.33. The maximum Gasteiger partial charge on any atom is 0.416 e. The second-order valence-corrected chi connectivity index (χ2v) is 7.61. The van der Waals surface area contributed by atoms with Crippen LogP contribution in [0.1, 0.15) is 12.0 Å². The van der Waals surface area contributed by atoms with E-state index in [1.54, 1.807) is 9.80 Å². The number of morpholine rings is 1. The Morgan fingerprint density at radius 1 is 1.23 bits per heavy atom. The van der Waals surface area contributed by atoms with Crippen molar-refractivity contribution in [3.63, 3.8) is 0 Å². The SMILES string of the molecule is N[C@@H]1CN(c2nc3ccc(C(F)(F)F)cc3n2CC(=O)N2CCOCC2)CC[C@H]1F. The predicted molar refractivity (Wildman–Crippen MR) is 102 cm³/mol. The predicted octanol–water partition coefficient (Wildman–Crippen LogP) is 1.79. The highest BCUT2D eigenvalue weighted by Crippen LogP contribution is 2.33. The summed E-state index contributed by atoms with van der Waals surface area (Å²) < 4.78 is 60.4. The van der Waals surface area contributed by atoms with Gasteiger partial charge in [-0.15, -0.1) is 0 Å². The number of hydrogen-bond acceptors (Lipinski definition) is 5. The molecule has 0 bridgehead atoms. The molecule has 2 aliphatic heterocycles. The number of fused-ring (bicyclic) bond motifs is 1. The summed E-state index contributed by atoms with van der Waals surface area (Å²) in [5.74, 6) is 0.0919. The Morgan fingerprint density at radius 2 is 1.97 bits per heavy atom. The summed E-state index contributed by atoms with van der Waals surface area (Å²) in [5.41, 5.74) is 5.58. The van der Waals surface area contributed by atoms with Gasteiger partial charge in [0.2, 0.25) is 11.9 Å². The summed E-state index contributed by atoms with van der Waals surface area (Å²) >= 11 is 0. The number of hydrogen-bond donors (Lipinski definition) is 1. The second-order valence-electron chi connectivity index (χ2n) is 7.61. The molecular formula is C19H23F4N5O2. The van der Waals surface area contributed by atoms with Crippen LogP contribution in [0, 0.1) is 0 Å². The molecule has 1 aromatic carbocycles. The zero-order chi connectivity index (χ0) is 21.5. The van der Waals surface area contributed by atoms with Crippen molar-refractivity contribution < 1.29 is 27.1 Å². The van der Waals surface area contributed by atoms with Crippen molar-refractivity contribution in [3.8, 4) is 0 Å². The summed E-state index contributed by atoms with van der Waals surface area (Å²) in [6, 6.07) is 2.53. The fourth-order valence-corrected chi connectivity index (χ4v) is 3.87. The Morgan fingerprint density at radius 3 is 2.63 bits per heavy atom. The lowest BCUT2D eigenvalue weighted by Gasteiger charge is -2.34. The van der Waals surface area contributed by atoms with Crippen LogP contribution in [0.4, 0.5) is 23.5 Å². The molecule has 164 valence electrons. The monoisotopic (exact) mass is 429 g/mol. The highest BCUT2D eigenvalue weighted by atomic mass is 19.4. The molecule has 11 heteroatoms. The fraction of sp³-hybridized carbons (Fsp3) is 0.579. The number of ether oxygens (including phenoxy) is 1. The number of alkyl halides is 4. The van der Waals surface area contributed by atoms with Crippen molar-refractivity contribution in [2.24, 2.45) is 5.73 Å². The topological polar surface area (TPSA) is 76.6 Å². The van der Waals surface area contributed by atoms with Crippen LogP contribution in [0.15, 0.2) is 18.2 Å². The van der Waals surface area contributed by atoms with Gasteiger partial charge in [-0.1, -0.05) is 0 Å². The molecule has 0 radical (unpaired) electrons. The number of anilines is 1. The average Bonchev–Trinajstić information content (AvgIpc) is 3.08. The number of halogens is 4. The molecule has 2 aliphatic rings. The molecule has 7 nitrogen and oxygen atoms in total. The minimum absolute atomic E-state index is 0.169. The van der Waals surface area contributed by atoms with Crippen LogP contribution < -0.4 is 10.6 Å². The normalized spacial score (nSPS) is 23.2. The third-order valence-electron chi connectivity index (χ3n) is 5.57. The van der Waals surface area contributed by atoms with Gasteiger partial charge in [0, 0.05) is 26.2 Å². The molecule has 0 saturated carbocycles. The summed E-state index contributed by atoms with van der Waals surface area (Å²) in [4.78, 5) is 20.7. The van der Waals surface area contributed by atoms with Crippen LogP contribution in [0.5, 0.6) is 0 Å². The number of nitrogens with two attached hydrogens (primary N) is 1. The smallest absolute Gasteiger partial charge is 0.378 e. The first-order chi connectivity index (χ1) is 14.2.